The lowest BCUT2D eigenvalue weighted by Gasteiger charge is -2.05. The topological polar surface area (TPSA) is 54.4 Å². The number of hydrogen-bond acceptors (Lipinski definition) is 2. The normalized spacial score (nSPS) is 12.1. The standard InChI is InChI=1S/C12H13IO3/c1-8(12(15)16)6-11(14)7-9-2-4-10(13)5-3-9/h2-5,8H,6-7H2,1H3,(H,15,16)/t8-/m1/s1. The third kappa shape index (κ3) is 4.30. The van der Waals surface area contributed by atoms with E-state index in [0.717, 1.165) is 9.13 Å². The summed E-state index contributed by atoms with van der Waals surface area (Å²) in [6.45, 7) is 1.55. The van der Waals surface area contributed by atoms with E-state index in [0.29, 0.717) is 6.42 Å². The zero-order valence-electron chi connectivity index (χ0n) is 8.94. The molecule has 0 bridgehead atoms. The summed E-state index contributed by atoms with van der Waals surface area (Å²) < 4.78 is 1.12. The lowest BCUT2D eigenvalue weighted by Crippen LogP contribution is -2.15. The van der Waals surface area contributed by atoms with E-state index in [2.05, 4.69) is 22.6 Å². The van der Waals surface area contributed by atoms with Gasteiger partial charge in [0.25, 0.3) is 0 Å². The Morgan fingerprint density at radius 1 is 1.31 bits per heavy atom. The third-order valence-corrected chi connectivity index (χ3v) is 2.99. The number of halogens is 1. The first-order chi connectivity index (χ1) is 7.49. The molecule has 1 aromatic carbocycles. The number of carbonyl (C=O) groups is 2. The number of hydrogen-bond donors (Lipinski definition) is 1. The smallest absolute Gasteiger partial charge is 0.306 e. The Labute approximate surface area is 108 Å². The van der Waals surface area contributed by atoms with Gasteiger partial charge in [0.05, 0.1) is 5.92 Å². The van der Waals surface area contributed by atoms with Crippen molar-refractivity contribution < 1.29 is 14.7 Å². The Balaban J connectivity index is 2.52. The van der Waals surface area contributed by atoms with Gasteiger partial charge in [0.2, 0.25) is 0 Å². The first-order valence-electron chi connectivity index (χ1n) is 4.98. The van der Waals surface area contributed by atoms with Gasteiger partial charge in [-0.1, -0.05) is 19.1 Å². The van der Waals surface area contributed by atoms with Gasteiger partial charge in [-0.05, 0) is 40.3 Å². The second kappa shape index (κ2) is 5.98. The van der Waals surface area contributed by atoms with Crippen molar-refractivity contribution in [1.82, 2.24) is 0 Å². The number of benzene rings is 1. The minimum absolute atomic E-state index is 0.0314. The molecule has 0 aliphatic rings. The number of carbonyl (C=O) groups excluding carboxylic acids is 1. The summed E-state index contributed by atoms with van der Waals surface area (Å²) in [6.07, 6.45) is 0.413. The molecule has 1 aromatic rings. The minimum Gasteiger partial charge on any atom is -0.481 e. The average molecular weight is 332 g/mol. The van der Waals surface area contributed by atoms with Crippen molar-refractivity contribution in [3.05, 3.63) is 33.4 Å². The highest BCUT2D eigenvalue weighted by molar-refractivity contribution is 14.1. The van der Waals surface area contributed by atoms with E-state index in [1.165, 1.54) is 0 Å². The Kier molecular flexibility index (Phi) is 4.92. The molecule has 3 nitrogen and oxygen atoms in total. The van der Waals surface area contributed by atoms with E-state index in [-0.39, 0.29) is 12.2 Å². The lowest BCUT2D eigenvalue weighted by atomic mass is 10.00. The molecule has 0 radical (unpaired) electrons. The highest BCUT2D eigenvalue weighted by Crippen LogP contribution is 2.10. The molecule has 16 heavy (non-hydrogen) atoms. The quantitative estimate of drug-likeness (QED) is 0.843. The predicted octanol–water partition coefficient (Wildman–Crippen LogP) is 2.51. The lowest BCUT2D eigenvalue weighted by molar-refractivity contribution is -0.143. The van der Waals surface area contributed by atoms with Gasteiger partial charge in [0, 0.05) is 16.4 Å². The SMILES string of the molecule is C[C@H](CC(=O)Cc1ccc(I)cc1)C(=O)O. The molecule has 0 spiro atoms. The molecule has 0 aliphatic heterocycles. The number of rotatable bonds is 5. The fraction of sp³-hybridized carbons (Fsp3) is 0.333. The Hall–Kier alpha value is -0.910. The molecule has 1 rings (SSSR count). The largest absolute Gasteiger partial charge is 0.481 e. The van der Waals surface area contributed by atoms with Gasteiger partial charge in [-0.3, -0.25) is 9.59 Å². The highest BCUT2D eigenvalue weighted by atomic mass is 127. The summed E-state index contributed by atoms with van der Waals surface area (Å²) in [4.78, 5) is 22.1. The fourth-order valence-electron chi connectivity index (χ4n) is 1.33. The molecular weight excluding hydrogens is 319 g/mol. The molecule has 0 amide bonds. The first kappa shape index (κ1) is 13.2. The summed E-state index contributed by atoms with van der Waals surface area (Å²) in [5.74, 6) is -1.55. The molecule has 1 N–H and O–H groups in total. The van der Waals surface area contributed by atoms with Crippen LogP contribution in [0.1, 0.15) is 18.9 Å². The number of carboxylic acids is 1. The van der Waals surface area contributed by atoms with Crippen LogP contribution >= 0.6 is 22.6 Å². The van der Waals surface area contributed by atoms with Crippen LogP contribution in [0.5, 0.6) is 0 Å². The van der Waals surface area contributed by atoms with Crippen LogP contribution < -0.4 is 0 Å². The van der Waals surface area contributed by atoms with Crippen LogP contribution in [0.3, 0.4) is 0 Å². The third-order valence-electron chi connectivity index (χ3n) is 2.27. The van der Waals surface area contributed by atoms with Crippen LogP contribution in [0.25, 0.3) is 0 Å². The Bertz CT molecular complexity index is 384. The van der Waals surface area contributed by atoms with Crippen LogP contribution in [0.4, 0.5) is 0 Å². The maximum atomic E-state index is 11.5. The molecule has 0 saturated heterocycles. The fourth-order valence-corrected chi connectivity index (χ4v) is 1.69. The number of ketones is 1. The van der Waals surface area contributed by atoms with Gasteiger partial charge in [-0.2, -0.15) is 0 Å². The minimum atomic E-state index is -0.920. The molecule has 0 aromatic heterocycles. The van der Waals surface area contributed by atoms with Gasteiger partial charge in [-0.25, -0.2) is 0 Å². The van der Waals surface area contributed by atoms with Crippen molar-refractivity contribution in [2.75, 3.05) is 0 Å². The van der Waals surface area contributed by atoms with E-state index in [9.17, 15) is 9.59 Å². The van der Waals surface area contributed by atoms with E-state index >= 15 is 0 Å². The zero-order valence-corrected chi connectivity index (χ0v) is 11.1. The monoisotopic (exact) mass is 332 g/mol. The van der Waals surface area contributed by atoms with E-state index in [1.807, 2.05) is 24.3 Å². The summed E-state index contributed by atoms with van der Waals surface area (Å²) in [6, 6.07) is 7.66. The summed E-state index contributed by atoms with van der Waals surface area (Å²) in [5, 5.41) is 8.68. The predicted molar refractivity (Wildman–Crippen MR) is 69.3 cm³/mol. The van der Waals surface area contributed by atoms with Crippen LogP contribution in [-0.2, 0) is 16.0 Å². The highest BCUT2D eigenvalue weighted by Gasteiger charge is 2.15. The van der Waals surface area contributed by atoms with Gasteiger partial charge < -0.3 is 5.11 Å². The van der Waals surface area contributed by atoms with E-state index < -0.39 is 11.9 Å². The molecule has 0 aliphatic carbocycles. The first-order valence-corrected chi connectivity index (χ1v) is 6.06. The second-order valence-corrected chi connectivity index (χ2v) is 5.03. The molecule has 0 saturated carbocycles. The second-order valence-electron chi connectivity index (χ2n) is 3.79. The van der Waals surface area contributed by atoms with Crippen molar-refractivity contribution in [3.63, 3.8) is 0 Å². The van der Waals surface area contributed by atoms with Crippen LogP contribution in [0.15, 0.2) is 24.3 Å². The number of carboxylic acid groups (broad SMARTS) is 1. The Morgan fingerprint density at radius 2 is 1.88 bits per heavy atom. The molecule has 86 valence electrons. The van der Waals surface area contributed by atoms with Crippen LogP contribution in [-0.4, -0.2) is 16.9 Å². The molecule has 1 atom stereocenters. The molecule has 0 heterocycles. The number of Topliss-reactive ketones (excluding diaryl/α,β-unsaturated/α-hetero) is 1. The molecule has 4 heteroatoms. The van der Waals surface area contributed by atoms with Crippen molar-refractivity contribution in [2.24, 2.45) is 5.92 Å². The van der Waals surface area contributed by atoms with Crippen LogP contribution in [0.2, 0.25) is 0 Å². The number of aliphatic carboxylic acids is 1. The summed E-state index contributed by atoms with van der Waals surface area (Å²) in [7, 11) is 0. The summed E-state index contributed by atoms with van der Waals surface area (Å²) >= 11 is 2.20. The van der Waals surface area contributed by atoms with Crippen LogP contribution in [0, 0.1) is 9.49 Å². The maximum absolute atomic E-state index is 11.5. The Morgan fingerprint density at radius 3 is 2.38 bits per heavy atom. The maximum Gasteiger partial charge on any atom is 0.306 e. The van der Waals surface area contributed by atoms with E-state index in [1.54, 1.807) is 6.92 Å². The van der Waals surface area contributed by atoms with Crippen molar-refractivity contribution in [2.45, 2.75) is 19.8 Å². The van der Waals surface area contributed by atoms with Crippen molar-refractivity contribution >= 4 is 34.3 Å². The van der Waals surface area contributed by atoms with Gasteiger partial charge in [0.15, 0.2) is 0 Å². The van der Waals surface area contributed by atoms with Crippen molar-refractivity contribution in [1.29, 1.82) is 0 Å². The molecule has 0 fully saturated rings. The molecular formula is C12H13IO3. The summed E-state index contributed by atoms with van der Waals surface area (Å²) in [5.41, 5.74) is 0.933. The zero-order chi connectivity index (χ0) is 12.1. The van der Waals surface area contributed by atoms with Crippen molar-refractivity contribution in [3.8, 4) is 0 Å². The molecule has 0 unspecified atom stereocenters. The van der Waals surface area contributed by atoms with Gasteiger partial charge in [0.1, 0.15) is 5.78 Å². The average Bonchev–Trinajstić information content (AvgIpc) is 2.21. The van der Waals surface area contributed by atoms with E-state index in [4.69, 9.17) is 5.11 Å². The van der Waals surface area contributed by atoms with Gasteiger partial charge in [-0.15, -0.1) is 0 Å². The van der Waals surface area contributed by atoms with Gasteiger partial charge >= 0.3 is 5.97 Å².